The van der Waals surface area contributed by atoms with E-state index in [1.807, 2.05) is 0 Å². The molecular weight excluding hydrogens is 260 g/mol. The number of rotatable bonds is 3. The Bertz CT molecular complexity index is 410. The molecule has 1 heterocycles. The zero-order valence-electron chi connectivity index (χ0n) is 9.36. The summed E-state index contributed by atoms with van der Waals surface area (Å²) >= 11 is 7.08. The summed E-state index contributed by atoms with van der Waals surface area (Å²) in [6.45, 7) is 0. The maximum atomic E-state index is 11.4. The van der Waals surface area contributed by atoms with Crippen molar-refractivity contribution in [3.05, 3.63) is 21.3 Å². The van der Waals surface area contributed by atoms with Crippen LogP contribution in [0.3, 0.4) is 0 Å². The fourth-order valence-electron chi connectivity index (χ4n) is 2.55. The lowest BCUT2D eigenvalue weighted by atomic mass is 9.75. The molecule has 2 rings (SSSR count). The van der Waals surface area contributed by atoms with Gasteiger partial charge in [-0.1, -0.05) is 30.9 Å². The zero-order valence-corrected chi connectivity index (χ0v) is 10.9. The third kappa shape index (κ3) is 2.64. The van der Waals surface area contributed by atoms with E-state index in [0.717, 1.165) is 19.3 Å². The average Bonchev–Trinajstić information content (AvgIpc) is 2.64. The molecule has 0 aliphatic heterocycles. The highest BCUT2D eigenvalue weighted by atomic mass is 35.5. The van der Waals surface area contributed by atoms with Gasteiger partial charge in [0.05, 0.1) is 9.94 Å². The molecule has 0 radical (unpaired) electrons. The Balaban J connectivity index is 2.31. The number of aliphatic carboxylic acids is 1. The second kappa shape index (κ2) is 4.96. The van der Waals surface area contributed by atoms with Crippen LogP contribution in [0.4, 0.5) is 0 Å². The van der Waals surface area contributed by atoms with Crippen molar-refractivity contribution in [1.82, 2.24) is 0 Å². The van der Waals surface area contributed by atoms with Gasteiger partial charge in [0.25, 0.3) is 0 Å². The van der Waals surface area contributed by atoms with Crippen molar-refractivity contribution in [1.29, 1.82) is 0 Å². The smallest absolute Gasteiger partial charge is 0.314 e. The summed E-state index contributed by atoms with van der Waals surface area (Å²) in [5.74, 6) is -1.81. The van der Waals surface area contributed by atoms with E-state index in [0.29, 0.717) is 22.1 Å². The normalized spacial score (nSPS) is 21.1. The quantitative estimate of drug-likeness (QED) is 0.889. The molecule has 0 aromatic carbocycles. The predicted octanol–water partition coefficient (Wildman–Crippen LogP) is 3.26. The summed E-state index contributed by atoms with van der Waals surface area (Å²) in [6.07, 6.45) is 3.96. The molecule has 0 bridgehead atoms. The molecule has 5 heteroatoms. The minimum Gasteiger partial charge on any atom is -0.481 e. The van der Waals surface area contributed by atoms with Gasteiger partial charge in [0.1, 0.15) is 5.92 Å². The molecule has 1 saturated carbocycles. The summed E-state index contributed by atoms with van der Waals surface area (Å²) in [5, 5.41) is 19.9. The second-order valence-electron chi connectivity index (χ2n) is 4.58. The summed E-state index contributed by atoms with van der Waals surface area (Å²) < 4.78 is 0.561. The molecule has 0 saturated heterocycles. The molecule has 17 heavy (non-hydrogen) atoms. The van der Waals surface area contributed by atoms with E-state index in [2.05, 4.69) is 0 Å². The first-order valence-corrected chi connectivity index (χ1v) is 6.93. The number of carboxylic acid groups (broad SMARTS) is 1. The van der Waals surface area contributed by atoms with Gasteiger partial charge in [-0.3, -0.25) is 4.79 Å². The number of hydrogen-bond acceptors (Lipinski definition) is 3. The van der Waals surface area contributed by atoms with Crippen molar-refractivity contribution in [3.63, 3.8) is 0 Å². The van der Waals surface area contributed by atoms with E-state index >= 15 is 0 Å². The van der Waals surface area contributed by atoms with Gasteiger partial charge in [0, 0.05) is 4.88 Å². The molecule has 1 aromatic rings. The summed E-state index contributed by atoms with van der Waals surface area (Å²) in [4.78, 5) is 12.1. The van der Waals surface area contributed by atoms with Crippen LogP contribution in [0.15, 0.2) is 12.1 Å². The highest BCUT2D eigenvalue weighted by molar-refractivity contribution is 7.16. The monoisotopic (exact) mass is 274 g/mol. The fraction of sp³-hybridized carbons (Fsp3) is 0.583. The molecule has 94 valence electrons. The maximum Gasteiger partial charge on any atom is 0.314 e. The summed E-state index contributed by atoms with van der Waals surface area (Å²) in [5.41, 5.74) is -1.11. The van der Waals surface area contributed by atoms with Crippen molar-refractivity contribution < 1.29 is 15.0 Å². The molecule has 2 N–H and O–H groups in total. The van der Waals surface area contributed by atoms with Crippen LogP contribution in [0.2, 0.25) is 4.34 Å². The number of halogens is 1. The number of thiophene rings is 1. The predicted molar refractivity (Wildman–Crippen MR) is 67.7 cm³/mol. The van der Waals surface area contributed by atoms with Crippen LogP contribution in [0.1, 0.15) is 42.9 Å². The summed E-state index contributed by atoms with van der Waals surface area (Å²) in [6, 6.07) is 3.39. The first-order valence-electron chi connectivity index (χ1n) is 5.73. The molecular formula is C12H15ClO3S. The van der Waals surface area contributed by atoms with Crippen molar-refractivity contribution in [2.24, 2.45) is 0 Å². The van der Waals surface area contributed by atoms with E-state index in [4.69, 9.17) is 11.6 Å². The number of aliphatic hydroxyl groups is 1. The van der Waals surface area contributed by atoms with Gasteiger partial charge in [-0.2, -0.15) is 0 Å². The van der Waals surface area contributed by atoms with Crippen molar-refractivity contribution in [2.45, 2.75) is 43.6 Å². The molecule has 1 aromatic heterocycles. The summed E-state index contributed by atoms with van der Waals surface area (Å²) in [7, 11) is 0. The molecule has 1 aliphatic carbocycles. The Labute approximate surface area is 109 Å². The molecule has 3 nitrogen and oxygen atoms in total. The Morgan fingerprint density at radius 2 is 2.00 bits per heavy atom. The van der Waals surface area contributed by atoms with Crippen LogP contribution >= 0.6 is 22.9 Å². The third-order valence-electron chi connectivity index (χ3n) is 3.38. The Kier molecular flexibility index (Phi) is 3.76. The Morgan fingerprint density at radius 1 is 1.35 bits per heavy atom. The lowest BCUT2D eigenvalue weighted by molar-refractivity contribution is -0.147. The van der Waals surface area contributed by atoms with Crippen molar-refractivity contribution in [3.8, 4) is 0 Å². The van der Waals surface area contributed by atoms with E-state index in [1.165, 1.54) is 11.3 Å². The van der Waals surface area contributed by atoms with Crippen LogP contribution in [0.25, 0.3) is 0 Å². The first-order chi connectivity index (χ1) is 8.03. The Hall–Kier alpha value is -0.580. The zero-order chi connectivity index (χ0) is 12.5. The standard InChI is InChI=1S/C12H15ClO3S/c13-9-5-4-8(17-9)10(11(14)15)12(16)6-2-1-3-7-12/h4-5,10,16H,1-3,6-7H2,(H,14,15). The lowest BCUT2D eigenvalue weighted by Crippen LogP contribution is -2.41. The first kappa shape index (κ1) is 12.9. The van der Waals surface area contributed by atoms with Crippen LogP contribution < -0.4 is 0 Å². The van der Waals surface area contributed by atoms with Gasteiger partial charge < -0.3 is 10.2 Å². The van der Waals surface area contributed by atoms with Gasteiger partial charge >= 0.3 is 5.97 Å². The van der Waals surface area contributed by atoms with Gasteiger partial charge in [-0.15, -0.1) is 11.3 Å². The second-order valence-corrected chi connectivity index (χ2v) is 6.32. The third-order valence-corrected chi connectivity index (χ3v) is 4.68. The van der Waals surface area contributed by atoms with Crippen molar-refractivity contribution >= 4 is 28.9 Å². The van der Waals surface area contributed by atoms with Gasteiger partial charge in [-0.25, -0.2) is 0 Å². The molecule has 1 unspecified atom stereocenters. The maximum absolute atomic E-state index is 11.4. The molecule has 0 amide bonds. The number of hydrogen-bond donors (Lipinski definition) is 2. The average molecular weight is 275 g/mol. The molecule has 0 spiro atoms. The largest absolute Gasteiger partial charge is 0.481 e. The topological polar surface area (TPSA) is 57.5 Å². The van der Waals surface area contributed by atoms with Crippen molar-refractivity contribution in [2.75, 3.05) is 0 Å². The van der Waals surface area contributed by atoms with E-state index in [9.17, 15) is 15.0 Å². The van der Waals surface area contributed by atoms with E-state index in [1.54, 1.807) is 12.1 Å². The number of carbonyl (C=O) groups is 1. The minimum absolute atomic E-state index is 0.555. The SMILES string of the molecule is O=C(O)C(c1ccc(Cl)s1)C1(O)CCCCC1. The van der Waals surface area contributed by atoms with Gasteiger partial charge in [-0.05, 0) is 25.0 Å². The Morgan fingerprint density at radius 3 is 2.47 bits per heavy atom. The van der Waals surface area contributed by atoms with E-state index < -0.39 is 17.5 Å². The number of carboxylic acids is 1. The highest BCUT2D eigenvalue weighted by Crippen LogP contribution is 2.42. The molecule has 1 aliphatic rings. The fourth-order valence-corrected chi connectivity index (χ4v) is 3.82. The highest BCUT2D eigenvalue weighted by Gasteiger charge is 2.43. The van der Waals surface area contributed by atoms with E-state index in [-0.39, 0.29) is 0 Å². The minimum atomic E-state index is -1.11. The lowest BCUT2D eigenvalue weighted by Gasteiger charge is -2.36. The molecule has 1 fully saturated rings. The molecule has 1 atom stereocenters. The van der Waals surface area contributed by atoms with Crippen LogP contribution in [0, 0.1) is 0 Å². The van der Waals surface area contributed by atoms with Gasteiger partial charge in [0.15, 0.2) is 0 Å². The van der Waals surface area contributed by atoms with Crippen LogP contribution in [0.5, 0.6) is 0 Å². The van der Waals surface area contributed by atoms with Crippen LogP contribution in [-0.4, -0.2) is 21.8 Å². The van der Waals surface area contributed by atoms with Crippen LogP contribution in [-0.2, 0) is 4.79 Å². The van der Waals surface area contributed by atoms with Gasteiger partial charge in [0.2, 0.25) is 0 Å².